The third-order valence-electron chi connectivity index (χ3n) is 2.94. The zero-order valence-corrected chi connectivity index (χ0v) is 11.4. The van der Waals surface area contributed by atoms with Crippen molar-refractivity contribution in [3.8, 4) is 0 Å². The van der Waals surface area contributed by atoms with Crippen LogP contribution in [0, 0.1) is 0 Å². The van der Waals surface area contributed by atoms with Gasteiger partial charge in [-0.3, -0.25) is 9.69 Å². The number of ether oxygens (including phenoxy) is 1. The van der Waals surface area contributed by atoms with Crippen LogP contribution >= 0.6 is 0 Å². The molecular weight excluding hydrogens is 220 g/mol. The highest BCUT2D eigenvalue weighted by molar-refractivity contribution is 5.77. The van der Waals surface area contributed by atoms with E-state index in [2.05, 4.69) is 18.7 Å². The first kappa shape index (κ1) is 16.4. The molecule has 0 radical (unpaired) electrons. The second kappa shape index (κ2) is 7.63. The molecule has 0 saturated heterocycles. The number of aliphatic carboxylic acids is 1. The Morgan fingerprint density at radius 1 is 1.47 bits per heavy atom. The van der Waals surface area contributed by atoms with Crippen molar-refractivity contribution in [1.82, 2.24) is 4.90 Å². The van der Waals surface area contributed by atoms with Crippen molar-refractivity contribution in [3.05, 3.63) is 0 Å². The van der Waals surface area contributed by atoms with E-state index in [0.717, 1.165) is 19.5 Å². The molecule has 0 aliphatic carbocycles. The van der Waals surface area contributed by atoms with Gasteiger partial charge in [0.1, 0.15) is 5.54 Å². The van der Waals surface area contributed by atoms with E-state index in [1.54, 1.807) is 14.0 Å². The van der Waals surface area contributed by atoms with Crippen LogP contribution in [-0.4, -0.2) is 54.4 Å². The molecule has 0 aromatic heterocycles. The highest BCUT2D eigenvalue weighted by Gasteiger charge is 2.27. The van der Waals surface area contributed by atoms with Gasteiger partial charge in [-0.05, 0) is 40.2 Å². The van der Waals surface area contributed by atoms with Crippen molar-refractivity contribution in [3.63, 3.8) is 0 Å². The Hall–Kier alpha value is -0.650. The van der Waals surface area contributed by atoms with Crippen molar-refractivity contribution in [2.24, 2.45) is 5.73 Å². The van der Waals surface area contributed by atoms with Gasteiger partial charge in [-0.15, -0.1) is 0 Å². The Bertz CT molecular complexity index is 230. The zero-order valence-electron chi connectivity index (χ0n) is 11.4. The summed E-state index contributed by atoms with van der Waals surface area (Å²) in [6, 6.07) is 0.430. The fourth-order valence-electron chi connectivity index (χ4n) is 1.59. The summed E-state index contributed by atoms with van der Waals surface area (Å²) in [4.78, 5) is 13.1. The number of carboxylic acids is 1. The molecule has 0 aliphatic heterocycles. The van der Waals surface area contributed by atoms with E-state index >= 15 is 0 Å². The van der Waals surface area contributed by atoms with Gasteiger partial charge in [0.05, 0.1) is 6.61 Å². The minimum Gasteiger partial charge on any atom is -0.480 e. The van der Waals surface area contributed by atoms with Gasteiger partial charge in [0.25, 0.3) is 0 Å². The number of carbonyl (C=O) groups is 1. The summed E-state index contributed by atoms with van der Waals surface area (Å²) in [6.07, 6.45) is 1.26. The van der Waals surface area contributed by atoms with Crippen LogP contribution < -0.4 is 5.73 Å². The van der Waals surface area contributed by atoms with Crippen molar-refractivity contribution in [2.45, 2.75) is 45.2 Å². The first-order valence-corrected chi connectivity index (χ1v) is 6.06. The van der Waals surface area contributed by atoms with Crippen LogP contribution in [0.2, 0.25) is 0 Å². The first-order chi connectivity index (χ1) is 7.81. The molecule has 0 aromatic carbocycles. The third kappa shape index (κ3) is 6.61. The lowest BCUT2D eigenvalue weighted by Gasteiger charge is -2.27. The fraction of sp³-hybridized carbons (Fsp3) is 0.917. The smallest absolute Gasteiger partial charge is 0.323 e. The van der Waals surface area contributed by atoms with Gasteiger partial charge in [0, 0.05) is 19.7 Å². The van der Waals surface area contributed by atoms with E-state index in [4.69, 9.17) is 15.6 Å². The zero-order chi connectivity index (χ0) is 13.5. The van der Waals surface area contributed by atoms with Gasteiger partial charge < -0.3 is 15.6 Å². The molecular formula is C12H26N2O3. The van der Waals surface area contributed by atoms with Crippen LogP contribution in [-0.2, 0) is 9.53 Å². The maximum atomic E-state index is 10.8. The maximum Gasteiger partial charge on any atom is 0.323 e. The quantitative estimate of drug-likeness (QED) is 0.633. The summed E-state index contributed by atoms with van der Waals surface area (Å²) in [5, 5.41) is 8.90. The molecule has 5 nitrogen and oxygen atoms in total. The SMILES string of the molecule is COCCN(CCCC(C)(N)C(=O)O)C(C)C. The third-order valence-corrected chi connectivity index (χ3v) is 2.94. The molecule has 17 heavy (non-hydrogen) atoms. The average Bonchev–Trinajstić information content (AvgIpc) is 2.22. The standard InChI is InChI=1S/C12H26N2O3/c1-10(2)14(8-9-17-4)7-5-6-12(3,13)11(15)16/h10H,5-9,13H2,1-4H3,(H,15,16). The molecule has 0 aromatic rings. The number of methoxy groups -OCH3 is 1. The Kier molecular flexibility index (Phi) is 7.34. The van der Waals surface area contributed by atoms with E-state index in [1.807, 2.05) is 0 Å². The largest absolute Gasteiger partial charge is 0.480 e. The van der Waals surface area contributed by atoms with Crippen molar-refractivity contribution in [1.29, 1.82) is 0 Å². The van der Waals surface area contributed by atoms with Crippen molar-refractivity contribution < 1.29 is 14.6 Å². The summed E-state index contributed by atoms with van der Waals surface area (Å²) >= 11 is 0. The van der Waals surface area contributed by atoms with Crippen LogP contribution in [0.15, 0.2) is 0 Å². The number of carboxylic acid groups (broad SMARTS) is 1. The predicted octanol–water partition coefficient (Wildman–Crippen LogP) is 0.925. The van der Waals surface area contributed by atoms with Crippen LogP contribution in [0.25, 0.3) is 0 Å². The lowest BCUT2D eigenvalue weighted by Crippen LogP contribution is -2.45. The number of nitrogens with two attached hydrogens (primary N) is 1. The summed E-state index contributed by atoms with van der Waals surface area (Å²) in [6.45, 7) is 8.20. The molecule has 0 fully saturated rings. The van der Waals surface area contributed by atoms with Gasteiger partial charge in [-0.2, -0.15) is 0 Å². The summed E-state index contributed by atoms with van der Waals surface area (Å²) in [5.41, 5.74) is 4.56. The Balaban J connectivity index is 4.01. The van der Waals surface area contributed by atoms with E-state index < -0.39 is 11.5 Å². The van der Waals surface area contributed by atoms with Gasteiger partial charge >= 0.3 is 5.97 Å². The topological polar surface area (TPSA) is 75.8 Å². The average molecular weight is 246 g/mol. The summed E-state index contributed by atoms with van der Waals surface area (Å²) < 4.78 is 5.05. The highest BCUT2D eigenvalue weighted by atomic mass is 16.5. The molecule has 0 saturated carbocycles. The Morgan fingerprint density at radius 2 is 2.06 bits per heavy atom. The predicted molar refractivity (Wildman–Crippen MR) is 68.0 cm³/mol. The van der Waals surface area contributed by atoms with E-state index in [1.165, 1.54) is 0 Å². The molecule has 3 N–H and O–H groups in total. The first-order valence-electron chi connectivity index (χ1n) is 6.06. The van der Waals surface area contributed by atoms with Crippen LogP contribution in [0.1, 0.15) is 33.6 Å². The van der Waals surface area contributed by atoms with Gasteiger partial charge in [0.2, 0.25) is 0 Å². The lowest BCUT2D eigenvalue weighted by atomic mass is 9.97. The molecule has 102 valence electrons. The van der Waals surface area contributed by atoms with E-state index in [0.29, 0.717) is 19.1 Å². The van der Waals surface area contributed by atoms with Crippen molar-refractivity contribution in [2.75, 3.05) is 26.8 Å². The van der Waals surface area contributed by atoms with Crippen molar-refractivity contribution >= 4 is 5.97 Å². The molecule has 0 bridgehead atoms. The normalized spacial score (nSPS) is 15.2. The fourth-order valence-corrected chi connectivity index (χ4v) is 1.59. The highest BCUT2D eigenvalue weighted by Crippen LogP contribution is 2.10. The second-order valence-electron chi connectivity index (χ2n) is 4.95. The van der Waals surface area contributed by atoms with Crippen LogP contribution in [0.3, 0.4) is 0 Å². The van der Waals surface area contributed by atoms with Gasteiger partial charge in [0.15, 0.2) is 0 Å². The summed E-state index contributed by atoms with van der Waals surface area (Å²) in [7, 11) is 1.68. The number of hydrogen-bond acceptors (Lipinski definition) is 4. The molecule has 1 atom stereocenters. The molecule has 1 unspecified atom stereocenters. The Labute approximate surface area is 104 Å². The minimum atomic E-state index is -1.12. The molecule has 0 heterocycles. The van der Waals surface area contributed by atoms with Crippen LogP contribution in [0.5, 0.6) is 0 Å². The summed E-state index contributed by atoms with van der Waals surface area (Å²) in [5.74, 6) is -0.939. The van der Waals surface area contributed by atoms with E-state index in [9.17, 15) is 4.79 Å². The number of nitrogens with zero attached hydrogens (tertiary/aromatic N) is 1. The monoisotopic (exact) mass is 246 g/mol. The molecule has 0 amide bonds. The molecule has 0 rings (SSSR count). The molecule has 0 spiro atoms. The Morgan fingerprint density at radius 3 is 2.47 bits per heavy atom. The molecule has 5 heteroatoms. The number of rotatable bonds is 9. The molecule has 0 aliphatic rings. The maximum absolute atomic E-state index is 10.8. The lowest BCUT2D eigenvalue weighted by molar-refractivity contribution is -0.143. The van der Waals surface area contributed by atoms with E-state index in [-0.39, 0.29) is 0 Å². The number of hydrogen-bond donors (Lipinski definition) is 2. The van der Waals surface area contributed by atoms with Gasteiger partial charge in [-0.25, -0.2) is 0 Å². The van der Waals surface area contributed by atoms with Gasteiger partial charge in [-0.1, -0.05) is 0 Å². The van der Waals surface area contributed by atoms with Crippen LogP contribution in [0.4, 0.5) is 0 Å². The minimum absolute atomic E-state index is 0.430. The second-order valence-corrected chi connectivity index (χ2v) is 4.95.